The van der Waals surface area contributed by atoms with Gasteiger partial charge in [-0.2, -0.15) is 0 Å². The van der Waals surface area contributed by atoms with Crippen molar-refractivity contribution >= 4 is 28.7 Å². The lowest BCUT2D eigenvalue weighted by Crippen LogP contribution is -2.43. The Labute approximate surface area is 157 Å². The molecule has 0 unspecified atom stereocenters. The molecule has 2 aromatic rings. The van der Waals surface area contributed by atoms with Gasteiger partial charge in [-0.25, -0.2) is 4.98 Å². The van der Waals surface area contributed by atoms with E-state index >= 15 is 0 Å². The summed E-state index contributed by atoms with van der Waals surface area (Å²) < 4.78 is 10.7. The molecular formula is C18H21N3O2S2. The average molecular weight is 376 g/mol. The second-order valence-electron chi connectivity index (χ2n) is 6.35. The third kappa shape index (κ3) is 3.43. The number of thiazole rings is 1. The summed E-state index contributed by atoms with van der Waals surface area (Å²) in [4.78, 5) is 8.41. The van der Waals surface area contributed by atoms with Crippen molar-refractivity contribution in [2.75, 3.05) is 20.8 Å². The summed E-state index contributed by atoms with van der Waals surface area (Å²) >= 11 is 7.29. The van der Waals surface area contributed by atoms with Gasteiger partial charge in [0.15, 0.2) is 16.6 Å². The molecule has 0 radical (unpaired) electrons. The lowest BCUT2D eigenvalue weighted by atomic mass is 10.2. The molecule has 4 rings (SSSR count). The molecule has 2 heterocycles. The van der Waals surface area contributed by atoms with E-state index in [1.165, 1.54) is 23.4 Å². The highest BCUT2D eigenvalue weighted by Gasteiger charge is 2.27. The van der Waals surface area contributed by atoms with Crippen molar-refractivity contribution < 1.29 is 9.47 Å². The number of hydrogen-bond donors (Lipinski definition) is 1. The van der Waals surface area contributed by atoms with Crippen LogP contribution in [0.5, 0.6) is 11.5 Å². The molecule has 0 saturated heterocycles. The number of fused-ring (bicyclic) bond motifs is 1. The first kappa shape index (κ1) is 16.6. The normalized spacial score (nSPS) is 16.3. The zero-order valence-electron chi connectivity index (χ0n) is 14.4. The molecule has 5 nitrogen and oxygen atoms in total. The Morgan fingerprint density at radius 3 is 2.80 bits per heavy atom. The number of aromatic nitrogens is 1. The van der Waals surface area contributed by atoms with Gasteiger partial charge in [-0.05, 0) is 43.3 Å². The van der Waals surface area contributed by atoms with Crippen molar-refractivity contribution in [3.63, 3.8) is 0 Å². The summed E-state index contributed by atoms with van der Waals surface area (Å²) in [6, 6.07) is 6.54. The fraction of sp³-hybridized carbons (Fsp3) is 0.444. The molecule has 1 saturated carbocycles. The van der Waals surface area contributed by atoms with Crippen LogP contribution in [0.3, 0.4) is 0 Å². The number of methoxy groups -OCH3 is 2. The maximum atomic E-state index is 5.55. The number of ether oxygens (including phenoxy) is 2. The molecule has 25 heavy (non-hydrogen) atoms. The van der Waals surface area contributed by atoms with Crippen LogP contribution in [-0.4, -0.2) is 41.8 Å². The molecule has 0 atom stereocenters. The second-order valence-corrected chi connectivity index (χ2v) is 7.82. The van der Waals surface area contributed by atoms with Gasteiger partial charge in [-0.15, -0.1) is 11.3 Å². The Bertz CT molecular complexity index is 802. The van der Waals surface area contributed by atoms with E-state index in [-0.39, 0.29) is 0 Å². The van der Waals surface area contributed by atoms with Gasteiger partial charge in [0.05, 0.1) is 26.5 Å². The average Bonchev–Trinajstić information content (AvgIpc) is 3.35. The number of nitrogens with one attached hydrogen (secondary N) is 1. The maximum absolute atomic E-state index is 5.55. The minimum absolute atomic E-state index is 0.595. The van der Waals surface area contributed by atoms with Gasteiger partial charge in [0, 0.05) is 29.4 Å². The predicted octanol–water partition coefficient (Wildman–Crippen LogP) is 3.22. The van der Waals surface area contributed by atoms with Gasteiger partial charge in [0.25, 0.3) is 0 Å². The first-order valence-corrected chi connectivity index (χ1v) is 9.67. The molecule has 1 aliphatic heterocycles. The standard InChI is InChI=1S/C18H21N3O2S2/c1-22-14-6-3-11(9-15(14)23-2)17-20-13-7-8-21(10-16(13)25-17)18(24)19-12-4-5-12/h3,6,9,12H,4-5,7-8,10H2,1-2H3,(H,19,24). The summed E-state index contributed by atoms with van der Waals surface area (Å²) in [7, 11) is 3.30. The lowest BCUT2D eigenvalue weighted by Gasteiger charge is -2.28. The van der Waals surface area contributed by atoms with Gasteiger partial charge in [-0.1, -0.05) is 0 Å². The van der Waals surface area contributed by atoms with E-state index in [0.29, 0.717) is 6.04 Å². The third-order valence-electron chi connectivity index (χ3n) is 4.55. The minimum Gasteiger partial charge on any atom is -0.493 e. The Hall–Kier alpha value is -1.86. The minimum atomic E-state index is 0.595. The first-order valence-electron chi connectivity index (χ1n) is 8.44. The van der Waals surface area contributed by atoms with E-state index < -0.39 is 0 Å². The molecule has 1 N–H and O–H groups in total. The molecule has 1 fully saturated rings. The zero-order valence-corrected chi connectivity index (χ0v) is 16.0. The van der Waals surface area contributed by atoms with Crippen LogP contribution in [0.2, 0.25) is 0 Å². The number of thiocarbonyl (C=S) groups is 1. The smallest absolute Gasteiger partial charge is 0.169 e. The van der Waals surface area contributed by atoms with E-state index in [9.17, 15) is 0 Å². The lowest BCUT2D eigenvalue weighted by molar-refractivity contribution is 0.355. The van der Waals surface area contributed by atoms with Gasteiger partial charge >= 0.3 is 0 Å². The molecule has 132 valence electrons. The molecule has 0 spiro atoms. The van der Waals surface area contributed by atoms with Crippen LogP contribution in [0.4, 0.5) is 0 Å². The fourth-order valence-electron chi connectivity index (χ4n) is 2.96. The van der Waals surface area contributed by atoms with E-state index in [2.05, 4.69) is 10.2 Å². The summed E-state index contributed by atoms with van der Waals surface area (Å²) in [5.74, 6) is 1.46. The monoisotopic (exact) mass is 375 g/mol. The van der Waals surface area contributed by atoms with Crippen molar-refractivity contribution in [1.82, 2.24) is 15.2 Å². The van der Waals surface area contributed by atoms with Crippen LogP contribution in [0.15, 0.2) is 18.2 Å². The molecule has 1 aromatic carbocycles. The topological polar surface area (TPSA) is 46.6 Å². The van der Waals surface area contributed by atoms with Crippen molar-refractivity contribution in [2.24, 2.45) is 0 Å². The van der Waals surface area contributed by atoms with Crippen molar-refractivity contribution in [2.45, 2.75) is 31.8 Å². The number of rotatable bonds is 4. The molecular weight excluding hydrogens is 354 g/mol. The van der Waals surface area contributed by atoms with Crippen LogP contribution in [0.1, 0.15) is 23.4 Å². The SMILES string of the molecule is COc1ccc(-c2nc3c(s2)CN(C(=S)NC2CC2)CC3)cc1OC. The van der Waals surface area contributed by atoms with Crippen LogP contribution >= 0.6 is 23.6 Å². The Morgan fingerprint density at radius 1 is 1.28 bits per heavy atom. The molecule has 0 bridgehead atoms. The molecule has 7 heteroatoms. The zero-order chi connectivity index (χ0) is 17.4. The number of nitrogens with zero attached hydrogens (tertiary/aromatic N) is 2. The third-order valence-corrected chi connectivity index (χ3v) is 6.06. The van der Waals surface area contributed by atoms with E-state index in [1.54, 1.807) is 25.6 Å². The predicted molar refractivity (Wildman–Crippen MR) is 104 cm³/mol. The van der Waals surface area contributed by atoms with E-state index in [0.717, 1.165) is 46.7 Å². The largest absolute Gasteiger partial charge is 0.493 e. The quantitative estimate of drug-likeness (QED) is 0.828. The van der Waals surface area contributed by atoms with Gasteiger partial charge in [0.2, 0.25) is 0 Å². The van der Waals surface area contributed by atoms with E-state index in [1.807, 2.05) is 18.2 Å². The van der Waals surface area contributed by atoms with Crippen LogP contribution in [0, 0.1) is 0 Å². The van der Waals surface area contributed by atoms with Crippen LogP contribution in [-0.2, 0) is 13.0 Å². The summed E-state index contributed by atoms with van der Waals surface area (Å²) in [5, 5.41) is 5.34. The number of hydrogen-bond acceptors (Lipinski definition) is 5. The van der Waals surface area contributed by atoms with Crippen molar-refractivity contribution in [3.05, 3.63) is 28.8 Å². The van der Waals surface area contributed by atoms with Crippen LogP contribution < -0.4 is 14.8 Å². The highest BCUT2D eigenvalue weighted by atomic mass is 32.1. The molecule has 1 aromatic heterocycles. The second kappa shape index (κ2) is 6.80. The first-order chi connectivity index (χ1) is 12.2. The summed E-state index contributed by atoms with van der Waals surface area (Å²) in [5.41, 5.74) is 2.25. The van der Waals surface area contributed by atoms with Gasteiger partial charge < -0.3 is 19.7 Å². The fourth-order valence-corrected chi connectivity index (χ4v) is 4.40. The van der Waals surface area contributed by atoms with Gasteiger partial charge in [-0.3, -0.25) is 0 Å². The van der Waals surface area contributed by atoms with Crippen molar-refractivity contribution in [3.8, 4) is 22.1 Å². The molecule has 2 aliphatic rings. The summed E-state index contributed by atoms with van der Waals surface area (Å²) in [6.07, 6.45) is 3.41. The summed E-state index contributed by atoms with van der Waals surface area (Å²) in [6.45, 7) is 1.78. The Kier molecular flexibility index (Phi) is 4.52. The van der Waals surface area contributed by atoms with E-state index in [4.69, 9.17) is 26.7 Å². The molecule has 0 amide bonds. The highest BCUT2D eigenvalue weighted by Crippen LogP contribution is 2.36. The Balaban J connectivity index is 1.54. The van der Waals surface area contributed by atoms with Crippen molar-refractivity contribution in [1.29, 1.82) is 0 Å². The number of benzene rings is 1. The van der Waals surface area contributed by atoms with Gasteiger partial charge in [0.1, 0.15) is 5.01 Å². The highest BCUT2D eigenvalue weighted by molar-refractivity contribution is 7.80. The maximum Gasteiger partial charge on any atom is 0.169 e. The van der Waals surface area contributed by atoms with Crippen LogP contribution in [0.25, 0.3) is 10.6 Å². The molecule has 1 aliphatic carbocycles. The Morgan fingerprint density at radius 2 is 2.08 bits per heavy atom.